The van der Waals surface area contributed by atoms with Crippen molar-refractivity contribution in [1.29, 1.82) is 0 Å². The monoisotopic (exact) mass is 282 g/mol. The molecule has 1 aliphatic heterocycles. The molecular weight excluding hydrogens is 260 g/mol. The number of rotatable bonds is 4. The minimum absolute atomic E-state index is 0.324. The molecule has 1 unspecified atom stereocenters. The third-order valence-corrected chi connectivity index (χ3v) is 3.99. The Hall–Kier alpha value is -0.870. The lowest BCUT2D eigenvalue weighted by atomic mass is 9.98. The Morgan fingerprint density at radius 2 is 2.26 bits per heavy atom. The summed E-state index contributed by atoms with van der Waals surface area (Å²) in [4.78, 5) is 10.8. The molecule has 0 amide bonds. The Kier molecular flexibility index (Phi) is 4.99. The minimum Gasteiger partial charge on any atom is -0.369 e. The van der Waals surface area contributed by atoms with Gasteiger partial charge in [0, 0.05) is 18.7 Å². The zero-order valence-electron chi connectivity index (χ0n) is 12.0. The molecule has 1 aromatic heterocycles. The van der Waals surface area contributed by atoms with Crippen LogP contribution >= 0.6 is 11.6 Å². The normalized spacial score (nSPS) is 20.8. The van der Waals surface area contributed by atoms with E-state index in [2.05, 4.69) is 41.1 Å². The van der Waals surface area contributed by atoms with Crippen molar-refractivity contribution in [3.05, 3.63) is 17.0 Å². The second kappa shape index (κ2) is 6.53. The van der Waals surface area contributed by atoms with E-state index >= 15 is 0 Å². The van der Waals surface area contributed by atoms with Gasteiger partial charge in [-0.1, -0.05) is 25.4 Å². The molecule has 5 heteroatoms. The number of aromatic nitrogens is 2. The van der Waals surface area contributed by atoms with Crippen LogP contribution in [-0.4, -0.2) is 41.5 Å². The van der Waals surface area contributed by atoms with Crippen LogP contribution in [0, 0.1) is 5.92 Å². The standard InChI is InChI=1S/C14H23ClN4/c1-10(2)12-13(15)17-9-18-14(12)16-7-11-5-4-6-19(3)8-11/h9-11H,4-8H2,1-3H3,(H,16,17,18). The Morgan fingerprint density at radius 3 is 2.95 bits per heavy atom. The molecule has 2 heterocycles. The first kappa shape index (κ1) is 14.5. The van der Waals surface area contributed by atoms with Gasteiger partial charge in [0.05, 0.1) is 0 Å². The van der Waals surface area contributed by atoms with Gasteiger partial charge in [-0.3, -0.25) is 0 Å². The smallest absolute Gasteiger partial charge is 0.138 e. The maximum absolute atomic E-state index is 6.17. The average molecular weight is 283 g/mol. The number of nitrogens with one attached hydrogen (secondary N) is 1. The molecule has 1 fully saturated rings. The van der Waals surface area contributed by atoms with Crippen LogP contribution in [-0.2, 0) is 0 Å². The third kappa shape index (κ3) is 3.80. The van der Waals surface area contributed by atoms with Gasteiger partial charge in [-0.05, 0) is 38.3 Å². The molecule has 2 rings (SSSR count). The molecule has 0 aromatic carbocycles. The summed E-state index contributed by atoms with van der Waals surface area (Å²) in [5.41, 5.74) is 1.02. The minimum atomic E-state index is 0.324. The predicted molar refractivity (Wildman–Crippen MR) is 79.8 cm³/mol. The van der Waals surface area contributed by atoms with Gasteiger partial charge in [-0.2, -0.15) is 0 Å². The van der Waals surface area contributed by atoms with Crippen molar-refractivity contribution < 1.29 is 0 Å². The van der Waals surface area contributed by atoms with Gasteiger partial charge in [-0.15, -0.1) is 0 Å². The molecule has 1 aliphatic rings. The largest absolute Gasteiger partial charge is 0.369 e. The molecule has 0 aliphatic carbocycles. The van der Waals surface area contributed by atoms with Crippen LogP contribution in [0.5, 0.6) is 0 Å². The van der Waals surface area contributed by atoms with Crippen molar-refractivity contribution in [2.75, 3.05) is 32.0 Å². The van der Waals surface area contributed by atoms with Crippen molar-refractivity contribution >= 4 is 17.4 Å². The van der Waals surface area contributed by atoms with Gasteiger partial charge in [0.2, 0.25) is 0 Å². The summed E-state index contributed by atoms with van der Waals surface area (Å²) in [5, 5.41) is 4.03. The maximum atomic E-state index is 6.17. The maximum Gasteiger partial charge on any atom is 0.138 e. The highest BCUT2D eigenvalue weighted by Crippen LogP contribution is 2.28. The number of hydrogen-bond donors (Lipinski definition) is 1. The highest BCUT2D eigenvalue weighted by Gasteiger charge is 2.19. The number of hydrogen-bond acceptors (Lipinski definition) is 4. The Bertz CT molecular complexity index is 422. The van der Waals surface area contributed by atoms with Crippen molar-refractivity contribution in [3.63, 3.8) is 0 Å². The second-order valence-electron chi connectivity index (χ2n) is 5.73. The van der Waals surface area contributed by atoms with Crippen LogP contribution < -0.4 is 5.32 Å². The van der Waals surface area contributed by atoms with E-state index < -0.39 is 0 Å². The van der Waals surface area contributed by atoms with E-state index in [1.54, 1.807) is 0 Å². The van der Waals surface area contributed by atoms with E-state index in [0.717, 1.165) is 24.5 Å². The summed E-state index contributed by atoms with van der Waals surface area (Å²) < 4.78 is 0. The lowest BCUT2D eigenvalue weighted by molar-refractivity contribution is 0.217. The SMILES string of the molecule is CC(C)c1c(Cl)ncnc1NCC1CCCN(C)C1. The molecule has 106 valence electrons. The fraction of sp³-hybridized carbons (Fsp3) is 0.714. The molecule has 0 radical (unpaired) electrons. The molecule has 0 saturated carbocycles. The summed E-state index contributed by atoms with van der Waals surface area (Å²) in [6.07, 6.45) is 4.10. The van der Waals surface area contributed by atoms with Crippen molar-refractivity contribution in [3.8, 4) is 0 Å². The van der Waals surface area contributed by atoms with E-state index in [1.807, 2.05) is 0 Å². The lowest BCUT2D eigenvalue weighted by Crippen LogP contribution is -2.35. The predicted octanol–water partition coefficient (Wildman–Crippen LogP) is 3.01. The zero-order valence-corrected chi connectivity index (χ0v) is 12.7. The molecule has 1 aromatic rings. The van der Waals surface area contributed by atoms with Crippen molar-refractivity contribution in [1.82, 2.24) is 14.9 Å². The molecule has 1 saturated heterocycles. The van der Waals surface area contributed by atoms with Crippen LogP contribution in [0.25, 0.3) is 0 Å². The quantitative estimate of drug-likeness (QED) is 0.862. The van der Waals surface area contributed by atoms with Gasteiger partial charge in [0.15, 0.2) is 0 Å². The summed E-state index contributed by atoms with van der Waals surface area (Å²) in [5.74, 6) is 1.90. The van der Waals surface area contributed by atoms with Gasteiger partial charge in [0.1, 0.15) is 17.3 Å². The summed E-state index contributed by atoms with van der Waals surface area (Å²) >= 11 is 6.17. The highest BCUT2D eigenvalue weighted by molar-refractivity contribution is 6.30. The molecular formula is C14H23ClN4. The Morgan fingerprint density at radius 1 is 1.47 bits per heavy atom. The van der Waals surface area contributed by atoms with Crippen molar-refractivity contribution in [2.24, 2.45) is 5.92 Å². The summed E-state index contributed by atoms with van der Waals surface area (Å²) in [6, 6.07) is 0. The first-order valence-corrected chi connectivity index (χ1v) is 7.38. The van der Waals surface area contributed by atoms with Gasteiger partial charge in [0.25, 0.3) is 0 Å². The van der Waals surface area contributed by atoms with Crippen LogP contribution in [0.1, 0.15) is 38.2 Å². The van der Waals surface area contributed by atoms with E-state index in [0.29, 0.717) is 17.0 Å². The van der Waals surface area contributed by atoms with E-state index in [4.69, 9.17) is 11.6 Å². The number of nitrogens with zero attached hydrogens (tertiary/aromatic N) is 3. The van der Waals surface area contributed by atoms with Gasteiger partial charge in [-0.25, -0.2) is 9.97 Å². The van der Waals surface area contributed by atoms with Crippen LogP contribution in [0.3, 0.4) is 0 Å². The molecule has 19 heavy (non-hydrogen) atoms. The molecule has 1 atom stereocenters. The Labute approximate surface area is 120 Å². The summed E-state index contributed by atoms with van der Waals surface area (Å²) in [6.45, 7) is 7.56. The lowest BCUT2D eigenvalue weighted by Gasteiger charge is -2.30. The van der Waals surface area contributed by atoms with E-state index in [-0.39, 0.29) is 0 Å². The van der Waals surface area contributed by atoms with E-state index in [9.17, 15) is 0 Å². The average Bonchev–Trinajstić information content (AvgIpc) is 2.36. The van der Waals surface area contributed by atoms with Crippen LogP contribution in [0.2, 0.25) is 5.15 Å². The number of halogens is 1. The zero-order chi connectivity index (χ0) is 13.8. The van der Waals surface area contributed by atoms with Crippen molar-refractivity contribution in [2.45, 2.75) is 32.6 Å². The summed E-state index contributed by atoms with van der Waals surface area (Å²) in [7, 11) is 2.19. The van der Waals surface area contributed by atoms with Crippen LogP contribution in [0.15, 0.2) is 6.33 Å². The van der Waals surface area contributed by atoms with E-state index in [1.165, 1.54) is 25.7 Å². The fourth-order valence-corrected chi connectivity index (χ4v) is 3.06. The number of anilines is 1. The first-order chi connectivity index (χ1) is 9.08. The molecule has 4 nitrogen and oxygen atoms in total. The molecule has 0 bridgehead atoms. The highest BCUT2D eigenvalue weighted by atomic mass is 35.5. The molecule has 0 spiro atoms. The van der Waals surface area contributed by atoms with Gasteiger partial charge < -0.3 is 10.2 Å². The second-order valence-corrected chi connectivity index (χ2v) is 6.09. The van der Waals surface area contributed by atoms with Crippen LogP contribution in [0.4, 0.5) is 5.82 Å². The third-order valence-electron chi connectivity index (χ3n) is 3.69. The van der Waals surface area contributed by atoms with Gasteiger partial charge >= 0.3 is 0 Å². The Balaban J connectivity index is 2.01. The number of piperidine rings is 1. The fourth-order valence-electron chi connectivity index (χ4n) is 2.71. The molecule has 1 N–H and O–H groups in total. The topological polar surface area (TPSA) is 41.1 Å². The first-order valence-electron chi connectivity index (χ1n) is 7.00. The number of likely N-dealkylation sites (tertiary alicyclic amines) is 1.